The monoisotopic (exact) mass is 451 g/mol. The number of carbonyl (C=O) groups excluding carboxylic acids is 2. The van der Waals surface area contributed by atoms with E-state index in [0.717, 1.165) is 22.5 Å². The number of anilines is 1. The van der Waals surface area contributed by atoms with E-state index in [-0.39, 0.29) is 12.8 Å². The van der Waals surface area contributed by atoms with Gasteiger partial charge < -0.3 is 14.6 Å². The summed E-state index contributed by atoms with van der Waals surface area (Å²) in [6.45, 7) is 3.43. The van der Waals surface area contributed by atoms with Crippen LogP contribution in [0, 0.1) is 13.8 Å². The molecule has 3 aromatic heterocycles. The minimum atomic E-state index is -0.529. The Labute approximate surface area is 188 Å². The first-order chi connectivity index (χ1) is 15.5. The lowest BCUT2D eigenvalue weighted by atomic mass is 10.2. The molecule has 0 bridgehead atoms. The number of hydrogen-bond acceptors (Lipinski definition) is 8. The molecule has 0 saturated carbocycles. The zero-order valence-corrected chi connectivity index (χ0v) is 18.4. The summed E-state index contributed by atoms with van der Waals surface area (Å²) in [7, 11) is 0. The number of hydrogen-bond donors (Lipinski definition) is 1. The van der Waals surface area contributed by atoms with Crippen LogP contribution >= 0.6 is 11.3 Å². The summed E-state index contributed by atoms with van der Waals surface area (Å²) in [5, 5.41) is 14.9. The third-order valence-corrected chi connectivity index (χ3v) is 5.22. The van der Waals surface area contributed by atoms with Crippen molar-refractivity contribution in [3.8, 4) is 17.1 Å². The molecule has 0 aliphatic heterocycles. The minimum absolute atomic E-state index is 0.0267. The lowest BCUT2D eigenvalue weighted by Crippen LogP contribution is -2.22. The second kappa shape index (κ2) is 9.56. The van der Waals surface area contributed by atoms with Gasteiger partial charge in [0.05, 0.1) is 17.8 Å². The van der Waals surface area contributed by atoms with E-state index < -0.39 is 18.5 Å². The van der Waals surface area contributed by atoms with Crippen molar-refractivity contribution >= 4 is 29.0 Å². The normalized spacial score (nSPS) is 10.8. The molecule has 1 aromatic carbocycles. The van der Waals surface area contributed by atoms with Crippen LogP contribution in [0.1, 0.15) is 23.6 Å². The van der Waals surface area contributed by atoms with Gasteiger partial charge in [-0.25, -0.2) is 4.68 Å². The number of rotatable bonds is 8. The predicted octanol–water partition coefficient (Wildman–Crippen LogP) is 3.72. The van der Waals surface area contributed by atoms with E-state index in [2.05, 4.69) is 20.6 Å². The van der Waals surface area contributed by atoms with Crippen LogP contribution in [0.15, 0.2) is 51.7 Å². The summed E-state index contributed by atoms with van der Waals surface area (Å²) in [5.41, 5.74) is 3.55. The summed E-state index contributed by atoms with van der Waals surface area (Å²) in [6.07, 6.45) is 0.260. The van der Waals surface area contributed by atoms with E-state index in [1.54, 1.807) is 10.7 Å². The molecule has 0 fully saturated rings. The van der Waals surface area contributed by atoms with Gasteiger partial charge in [-0.2, -0.15) is 21.4 Å². The Morgan fingerprint density at radius 3 is 2.75 bits per heavy atom. The molecule has 0 spiro atoms. The number of nitrogens with one attached hydrogen (secondary N) is 1. The van der Waals surface area contributed by atoms with Crippen LogP contribution in [-0.2, 0) is 20.7 Å². The predicted molar refractivity (Wildman–Crippen MR) is 119 cm³/mol. The van der Waals surface area contributed by atoms with Crippen molar-refractivity contribution in [2.24, 2.45) is 0 Å². The van der Waals surface area contributed by atoms with Crippen molar-refractivity contribution in [1.82, 2.24) is 19.9 Å². The lowest BCUT2D eigenvalue weighted by Gasteiger charge is -2.09. The quantitative estimate of drug-likeness (QED) is 0.406. The van der Waals surface area contributed by atoms with Crippen LogP contribution in [0.5, 0.6) is 0 Å². The highest BCUT2D eigenvalue weighted by Crippen LogP contribution is 2.19. The van der Waals surface area contributed by atoms with E-state index in [9.17, 15) is 9.59 Å². The highest BCUT2D eigenvalue weighted by molar-refractivity contribution is 7.08. The van der Waals surface area contributed by atoms with Crippen molar-refractivity contribution in [1.29, 1.82) is 0 Å². The molecule has 3 heterocycles. The van der Waals surface area contributed by atoms with Crippen LogP contribution in [0.3, 0.4) is 0 Å². The maximum Gasteiger partial charge on any atom is 0.306 e. The first-order valence-corrected chi connectivity index (χ1v) is 10.9. The van der Waals surface area contributed by atoms with E-state index in [0.29, 0.717) is 17.5 Å². The highest BCUT2D eigenvalue weighted by Gasteiger charge is 2.15. The van der Waals surface area contributed by atoms with E-state index in [1.807, 2.05) is 54.9 Å². The molecule has 1 amide bonds. The summed E-state index contributed by atoms with van der Waals surface area (Å²) in [4.78, 5) is 28.6. The molecule has 0 saturated heterocycles. The third-order valence-electron chi connectivity index (χ3n) is 4.53. The first kappa shape index (κ1) is 21.4. The van der Waals surface area contributed by atoms with Gasteiger partial charge in [-0.15, -0.1) is 0 Å². The fraction of sp³-hybridized carbons (Fsp3) is 0.227. The smallest absolute Gasteiger partial charge is 0.306 e. The molecule has 10 heteroatoms. The summed E-state index contributed by atoms with van der Waals surface area (Å²) in [6, 6.07) is 11.4. The van der Waals surface area contributed by atoms with Crippen LogP contribution in [0.2, 0.25) is 0 Å². The molecule has 1 N–H and O–H groups in total. The first-order valence-electron chi connectivity index (χ1n) is 9.92. The van der Waals surface area contributed by atoms with Crippen molar-refractivity contribution < 1.29 is 18.8 Å². The van der Waals surface area contributed by atoms with Crippen molar-refractivity contribution in [2.45, 2.75) is 26.7 Å². The largest absolute Gasteiger partial charge is 0.456 e. The number of amides is 1. The molecule has 0 unspecified atom stereocenters. The van der Waals surface area contributed by atoms with Gasteiger partial charge in [0.25, 0.3) is 5.91 Å². The second-order valence-corrected chi connectivity index (χ2v) is 7.93. The molecular formula is C22H21N5O4S. The van der Waals surface area contributed by atoms with Gasteiger partial charge in [0.15, 0.2) is 6.61 Å². The minimum Gasteiger partial charge on any atom is -0.456 e. The molecular weight excluding hydrogens is 430 g/mol. The zero-order valence-electron chi connectivity index (χ0n) is 17.6. The standard InChI is InChI=1S/C22H21N5O4S/c1-14-3-5-17(6-4-14)27-18(11-15(2)25-27)23-19(28)12-30-21(29)8-7-20-24-22(26-31-20)16-9-10-32-13-16/h3-6,9-11,13H,7-8,12H2,1-2H3,(H,23,28). The van der Waals surface area contributed by atoms with Gasteiger partial charge >= 0.3 is 5.97 Å². The van der Waals surface area contributed by atoms with Crippen molar-refractivity contribution in [3.05, 3.63) is 64.3 Å². The number of aromatic nitrogens is 4. The fourth-order valence-electron chi connectivity index (χ4n) is 2.94. The van der Waals surface area contributed by atoms with Gasteiger partial charge in [0, 0.05) is 23.4 Å². The van der Waals surface area contributed by atoms with Gasteiger partial charge in [-0.05, 0) is 37.4 Å². The lowest BCUT2D eigenvalue weighted by molar-refractivity contribution is -0.147. The Morgan fingerprint density at radius 1 is 1.19 bits per heavy atom. The molecule has 0 atom stereocenters. The molecule has 0 aliphatic rings. The maximum absolute atomic E-state index is 12.3. The average molecular weight is 452 g/mol. The van der Waals surface area contributed by atoms with E-state index in [1.165, 1.54) is 11.3 Å². The SMILES string of the molecule is Cc1ccc(-n2nc(C)cc2NC(=O)COC(=O)CCc2nc(-c3ccsc3)no2)cc1. The van der Waals surface area contributed by atoms with Crippen LogP contribution in [0.4, 0.5) is 5.82 Å². The van der Waals surface area contributed by atoms with E-state index in [4.69, 9.17) is 9.26 Å². The Morgan fingerprint density at radius 2 is 2.00 bits per heavy atom. The highest BCUT2D eigenvalue weighted by atomic mass is 32.1. The molecule has 9 nitrogen and oxygen atoms in total. The van der Waals surface area contributed by atoms with Gasteiger partial charge in [-0.1, -0.05) is 22.9 Å². The number of esters is 1. The zero-order chi connectivity index (χ0) is 22.5. The number of aryl methyl sites for hydroxylation is 3. The molecule has 32 heavy (non-hydrogen) atoms. The summed E-state index contributed by atoms with van der Waals surface area (Å²) in [5.74, 6) is 0.335. The average Bonchev–Trinajstić information content (AvgIpc) is 3.52. The number of ether oxygens (including phenoxy) is 1. The number of thiophene rings is 1. The van der Waals surface area contributed by atoms with Crippen molar-refractivity contribution in [2.75, 3.05) is 11.9 Å². The van der Waals surface area contributed by atoms with Crippen LogP contribution in [0.25, 0.3) is 17.1 Å². The number of carbonyl (C=O) groups is 2. The number of benzene rings is 1. The van der Waals surface area contributed by atoms with Gasteiger partial charge in [0.1, 0.15) is 5.82 Å². The maximum atomic E-state index is 12.3. The Balaban J connectivity index is 1.27. The Kier molecular flexibility index (Phi) is 6.41. The molecule has 164 valence electrons. The molecule has 4 rings (SSSR count). The number of nitrogens with zero attached hydrogens (tertiary/aromatic N) is 4. The second-order valence-electron chi connectivity index (χ2n) is 7.15. The molecule has 0 aliphatic carbocycles. The Hall–Kier alpha value is -3.79. The topological polar surface area (TPSA) is 112 Å². The summed E-state index contributed by atoms with van der Waals surface area (Å²) < 4.78 is 11.9. The molecule has 0 radical (unpaired) electrons. The summed E-state index contributed by atoms with van der Waals surface area (Å²) >= 11 is 1.53. The van der Waals surface area contributed by atoms with Gasteiger partial charge in [-0.3, -0.25) is 9.59 Å². The third kappa shape index (κ3) is 5.27. The fourth-order valence-corrected chi connectivity index (χ4v) is 3.58. The Bertz CT molecular complexity index is 1210. The van der Waals surface area contributed by atoms with Crippen molar-refractivity contribution in [3.63, 3.8) is 0 Å². The van der Waals surface area contributed by atoms with Gasteiger partial charge in [0.2, 0.25) is 11.7 Å². The van der Waals surface area contributed by atoms with Crippen LogP contribution in [-0.4, -0.2) is 38.4 Å². The molecule has 4 aromatic rings. The van der Waals surface area contributed by atoms with Crippen LogP contribution < -0.4 is 5.32 Å². The van der Waals surface area contributed by atoms with E-state index >= 15 is 0 Å².